The van der Waals surface area contributed by atoms with E-state index in [0.717, 1.165) is 66.1 Å². The van der Waals surface area contributed by atoms with Crippen molar-refractivity contribution in [1.29, 1.82) is 0 Å². The van der Waals surface area contributed by atoms with E-state index in [0.29, 0.717) is 76.6 Å². The lowest BCUT2D eigenvalue weighted by atomic mass is 9.81. The Kier molecular flexibility index (Phi) is 28.3. The molecule has 7 rings (SSSR count). The van der Waals surface area contributed by atoms with Gasteiger partial charge in [-0.3, -0.25) is 57.5 Å². The van der Waals surface area contributed by atoms with Gasteiger partial charge >= 0.3 is 6.18 Å². The van der Waals surface area contributed by atoms with Crippen molar-refractivity contribution >= 4 is 70.9 Å². The molecule has 1 aromatic rings. The second-order valence-electron chi connectivity index (χ2n) is 29.1. The van der Waals surface area contributed by atoms with E-state index >= 15 is 28.0 Å². The summed E-state index contributed by atoms with van der Waals surface area (Å²) in [6.45, 7) is 4.20. The third-order valence-electron chi connectivity index (χ3n) is 22.0. The summed E-state index contributed by atoms with van der Waals surface area (Å²) in [5, 5.41) is 8.52. The van der Waals surface area contributed by atoms with Gasteiger partial charge in [0.05, 0.1) is 26.1 Å². The molecule has 6 fully saturated rings. The van der Waals surface area contributed by atoms with Crippen LogP contribution in [0.4, 0.5) is 22.0 Å². The Bertz CT molecular complexity index is 3110. The summed E-state index contributed by atoms with van der Waals surface area (Å²) in [5.41, 5.74) is -4.04. The Morgan fingerprint density at radius 2 is 1.17 bits per heavy atom. The Hall–Kier alpha value is -7.49. The number of carbonyl (C=O) groups is 12. The lowest BCUT2D eigenvalue weighted by molar-refractivity contribution is -0.156. The number of fused-ring (bicyclic) bond motifs is 1. The zero-order valence-electron chi connectivity index (χ0n) is 60.2. The molecule has 0 radical (unpaired) electrons. The smallest absolute Gasteiger partial charge is 0.343 e. The van der Waals surface area contributed by atoms with E-state index < -0.39 is 193 Å². The fourth-order valence-electron chi connectivity index (χ4n) is 15.7. The van der Waals surface area contributed by atoms with Gasteiger partial charge in [-0.25, -0.2) is 8.78 Å². The van der Waals surface area contributed by atoms with Crippen molar-refractivity contribution in [3.63, 3.8) is 0 Å². The van der Waals surface area contributed by atoms with Crippen LogP contribution in [0.5, 0.6) is 0 Å². The lowest BCUT2D eigenvalue weighted by Crippen LogP contribution is -2.65. The minimum Gasteiger partial charge on any atom is -0.343 e. The fraction of sp³-hybridized carbons (Fsp3) is 0.746. The molecule has 0 aromatic heterocycles. The van der Waals surface area contributed by atoms with Crippen LogP contribution >= 0.6 is 0 Å². The van der Waals surface area contributed by atoms with Crippen molar-refractivity contribution in [2.24, 2.45) is 17.8 Å². The number of nitrogens with zero attached hydrogens (tertiary/aromatic N) is 9. The molecule has 6 aliphatic rings. The van der Waals surface area contributed by atoms with Crippen LogP contribution in [-0.4, -0.2) is 251 Å². The number of likely N-dealkylation sites (N-methyl/N-ethyl adjacent to an activating group) is 7. The van der Waals surface area contributed by atoms with Gasteiger partial charge in [0, 0.05) is 69.0 Å². The number of benzene rings is 1. The van der Waals surface area contributed by atoms with Crippen molar-refractivity contribution in [3.05, 3.63) is 34.9 Å². The maximum absolute atomic E-state index is 15.7. The lowest BCUT2D eigenvalue weighted by Gasteiger charge is -2.43. The topological polar surface area (TPSA) is 270 Å². The molecular weight excluding hydrogens is 1310 g/mol. The van der Waals surface area contributed by atoms with E-state index in [9.17, 15) is 51.5 Å². The highest BCUT2D eigenvalue weighted by molar-refractivity contribution is 6.01. The Morgan fingerprint density at radius 1 is 0.590 bits per heavy atom. The van der Waals surface area contributed by atoms with Gasteiger partial charge in [0.25, 0.3) is 0 Å². The number of rotatable bonds is 11. The molecule has 558 valence electrons. The van der Waals surface area contributed by atoms with Crippen molar-refractivity contribution < 1.29 is 79.5 Å². The average Bonchev–Trinajstić information content (AvgIpc) is 1.45. The number of likely N-dealkylation sites (tertiary alicyclic amines) is 1. The maximum Gasteiger partial charge on any atom is 0.422 e. The number of nitrogens with one attached hydrogen (secondary N) is 3. The van der Waals surface area contributed by atoms with E-state index in [1.807, 2.05) is 13.8 Å². The molecule has 1 aromatic carbocycles. The number of carbonyl (C=O) groups excluding carboxylic acids is 12. The summed E-state index contributed by atoms with van der Waals surface area (Å²) in [5.74, 6) is -13.1. The van der Waals surface area contributed by atoms with Gasteiger partial charge in [-0.05, 0) is 112 Å². The first-order valence-electron chi connectivity index (χ1n) is 36.1. The summed E-state index contributed by atoms with van der Waals surface area (Å²) in [7, 11) is 9.76. The third-order valence-corrected chi connectivity index (χ3v) is 22.0. The minimum atomic E-state index is -5.38. The largest absolute Gasteiger partial charge is 0.422 e. The summed E-state index contributed by atoms with van der Waals surface area (Å²) < 4.78 is 71.4. The molecule has 29 heteroatoms. The van der Waals surface area contributed by atoms with Crippen LogP contribution in [-0.2, 0) is 70.1 Å². The fourth-order valence-corrected chi connectivity index (χ4v) is 15.7. The molecule has 1 unspecified atom stereocenters. The minimum absolute atomic E-state index is 0.0236. The van der Waals surface area contributed by atoms with Gasteiger partial charge in [-0.15, -0.1) is 0 Å². The van der Waals surface area contributed by atoms with Crippen LogP contribution in [0.15, 0.2) is 12.1 Å². The molecular formula is C71H107F5N12O12. The molecule has 3 N–H and O–H groups in total. The maximum atomic E-state index is 15.7. The monoisotopic (exact) mass is 1410 g/mol. The third kappa shape index (κ3) is 19.4. The second-order valence-corrected chi connectivity index (χ2v) is 29.1. The molecule has 8 atom stereocenters. The zero-order valence-corrected chi connectivity index (χ0v) is 60.2. The highest BCUT2D eigenvalue weighted by Crippen LogP contribution is 2.38. The summed E-state index contributed by atoms with van der Waals surface area (Å²) in [4.78, 5) is 189. The van der Waals surface area contributed by atoms with Crippen LogP contribution in [0.25, 0.3) is 0 Å². The van der Waals surface area contributed by atoms with Gasteiger partial charge in [-0.1, -0.05) is 97.8 Å². The SMILES string of the molecule is CCC[C@H]1C(=O)N[C@@H]([C@@H](C)CC)C(=O)N(C)CC(=O)N(C)CC(=O)N(C)[C@@H](CC2CCCCC2)C(=O)N(C)CC(=O)N[C@@H](CCc2cc(F)c(C(F)(F)F)c(F)c2)C(=O)N2CCCC2C(=O)NC2(CCCC2)C(=O)N(C)[C@@H](C2CCCCC2)C(=O)N(C)[C@H](C(=O)N2CCCC2)CC(=O)N1C. The van der Waals surface area contributed by atoms with Crippen molar-refractivity contribution in [2.75, 3.05) is 88.6 Å². The standard InChI is InChI=1S/C71H107F5N12O12/c1-11-24-51-62(93)78-60(44(3)12-2)67(98)82(6)42-57(91)80(4)43-58(92)84(8)53(39-45-25-15-13-16-26-45)65(96)81(5)41-55(89)77-50(31-30-46-37-48(72)59(49(73)38-46)71(74,75)76)64(95)88-36-23-29-52(88)63(94)79-70(32-19-20-33-70)69(100)86(10)61(47-27-17-14-18-28-47)68(99)85(9)54(40-56(90)83(51)7)66(97)87-34-21-22-35-87/h37-38,44-45,47,50-54,60-61H,11-36,39-43H2,1-10H3,(H,77,89)(H,78,93)(H,79,94)/t44-,50-,51-,52?,53-,54-,60-,61-/m0/s1. The van der Waals surface area contributed by atoms with Crippen LogP contribution in [0.1, 0.15) is 186 Å². The molecule has 3 saturated carbocycles. The highest BCUT2D eigenvalue weighted by Gasteiger charge is 2.52. The molecule has 3 heterocycles. The van der Waals surface area contributed by atoms with Crippen LogP contribution in [0.3, 0.4) is 0 Å². The molecule has 0 bridgehead atoms. The van der Waals surface area contributed by atoms with Crippen molar-refractivity contribution in [2.45, 2.75) is 235 Å². The molecule has 12 amide bonds. The van der Waals surface area contributed by atoms with E-state index in [4.69, 9.17) is 0 Å². The zero-order chi connectivity index (χ0) is 73.7. The quantitative estimate of drug-likeness (QED) is 0.235. The molecule has 100 heavy (non-hydrogen) atoms. The number of halogens is 5. The molecule has 1 spiro atoms. The molecule has 3 aliphatic heterocycles. The van der Waals surface area contributed by atoms with Crippen LogP contribution < -0.4 is 16.0 Å². The Labute approximate surface area is 584 Å². The van der Waals surface area contributed by atoms with Crippen molar-refractivity contribution in [3.8, 4) is 0 Å². The van der Waals surface area contributed by atoms with Crippen molar-refractivity contribution in [1.82, 2.24) is 60.0 Å². The van der Waals surface area contributed by atoms with Gasteiger partial charge in [0.1, 0.15) is 65.0 Å². The molecule has 24 nitrogen and oxygen atoms in total. The van der Waals surface area contributed by atoms with Gasteiger partial charge in [0.15, 0.2) is 0 Å². The number of hydrogen-bond acceptors (Lipinski definition) is 12. The highest BCUT2D eigenvalue weighted by atomic mass is 19.4. The number of hydrogen-bond donors (Lipinski definition) is 3. The summed E-state index contributed by atoms with van der Waals surface area (Å²) in [6.07, 6.45) is 4.59. The Balaban J connectivity index is 1.28. The predicted octanol–water partition coefficient (Wildman–Crippen LogP) is 5.41. The second kappa shape index (κ2) is 35.4. The number of amides is 12. The molecule has 3 aliphatic carbocycles. The number of alkyl halides is 3. The van der Waals surface area contributed by atoms with Gasteiger partial charge in [0.2, 0.25) is 70.9 Å². The van der Waals surface area contributed by atoms with E-state index in [2.05, 4.69) is 16.0 Å². The summed E-state index contributed by atoms with van der Waals surface area (Å²) in [6, 6.07) is -8.15. The first kappa shape index (κ1) is 79.8. The van der Waals surface area contributed by atoms with Crippen LogP contribution in [0.2, 0.25) is 0 Å². The van der Waals surface area contributed by atoms with Gasteiger partial charge in [-0.2, -0.15) is 13.2 Å². The first-order chi connectivity index (χ1) is 47.2. The van der Waals surface area contributed by atoms with E-state index in [1.165, 1.54) is 73.8 Å². The normalized spacial score (nSPS) is 26.8. The van der Waals surface area contributed by atoms with Crippen LogP contribution in [0, 0.1) is 29.4 Å². The number of aryl methyl sites for hydroxylation is 1. The molecule has 3 saturated heterocycles. The Morgan fingerprint density at radius 3 is 1.76 bits per heavy atom. The predicted molar refractivity (Wildman–Crippen MR) is 359 cm³/mol. The first-order valence-corrected chi connectivity index (χ1v) is 36.1. The van der Waals surface area contributed by atoms with Gasteiger partial charge < -0.3 is 60.0 Å². The van der Waals surface area contributed by atoms with E-state index in [-0.39, 0.29) is 56.6 Å². The average molecular weight is 1420 g/mol. The summed E-state index contributed by atoms with van der Waals surface area (Å²) >= 11 is 0. The van der Waals surface area contributed by atoms with E-state index in [1.54, 1.807) is 11.8 Å².